The number of nitrogens with zero attached hydrogens (tertiary/aromatic N) is 2. The zero-order valence-electron chi connectivity index (χ0n) is 10.5. The van der Waals surface area contributed by atoms with Gasteiger partial charge in [-0.2, -0.15) is 0 Å². The maximum atomic E-state index is 11.5. The van der Waals surface area contributed by atoms with Gasteiger partial charge in [0.2, 0.25) is 0 Å². The second-order valence-corrected chi connectivity index (χ2v) is 4.43. The van der Waals surface area contributed by atoms with Crippen molar-refractivity contribution < 1.29 is 5.11 Å². The highest BCUT2D eigenvalue weighted by Crippen LogP contribution is 2.20. The molecule has 0 aliphatic rings. The van der Waals surface area contributed by atoms with Crippen LogP contribution in [0.2, 0.25) is 0 Å². The van der Waals surface area contributed by atoms with Crippen LogP contribution in [-0.2, 0) is 6.54 Å². The van der Waals surface area contributed by atoms with Crippen LogP contribution in [0.5, 0.6) is 0 Å². The molecule has 1 aromatic carbocycles. The first-order valence-electron chi connectivity index (χ1n) is 5.84. The van der Waals surface area contributed by atoms with E-state index in [1.54, 1.807) is 12.3 Å². The van der Waals surface area contributed by atoms with Gasteiger partial charge in [-0.25, -0.2) is 9.78 Å². The predicted molar refractivity (Wildman–Crippen MR) is 69.4 cm³/mol. The van der Waals surface area contributed by atoms with Crippen LogP contribution in [0.15, 0.2) is 41.5 Å². The number of hydrogen-bond donors (Lipinski definition) is 1. The van der Waals surface area contributed by atoms with Gasteiger partial charge in [0, 0.05) is 12.4 Å². The fourth-order valence-electron chi connectivity index (χ4n) is 1.93. The summed E-state index contributed by atoms with van der Waals surface area (Å²) in [5.41, 5.74) is 2.62. The zero-order chi connectivity index (χ0) is 13.1. The maximum Gasteiger partial charge on any atom is 0.347 e. The third kappa shape index (κ3) is 2.65. The van der Waals surface area contributed by atoms with Crippen molar-refractivity contribution in [2.75, 3.05) is 0 Å². The van der Waals surface area contributed by atoms with E-state index >= 15 is 0 Å². The smallest absolute Gasteiger partial charge is 0.347 e. The van der Waals surface area contributed by atoms with E-state index in [2.05, 4.69) is 4.98 Å². The topological polar surface area (TPSA) is 55.1 Å². The summed E-state index contributed by atoms with van der Waals surface area (Å²) in [7, 11) is 0. The third-order valence-corrected chi connectivity index (χ3v) is 2.95. The quantitative estimate of drug-likeness (QED) is 0.892. The minimum atomic E-state index is -0.702. The Bertz CT molecular complexity index is 605. The van der Waals surface area contributed by atoms with Gasteiger partial charge in [0.1, 0.15) is 0 Å². The van der Waals surface area contributed by atoms with Crippen LogP contribution in [0.25, 0.3) is 0 Å². The normalized spacial score (nSPS) is 12.4. The van der Waals surface area contributed by atoms with Crippen LogP contribution < -0.4 is 5.69 Å². The molecule has 1 aromatic heterocycles. The fourth-order valence-corrected chi connectivity index (χ4v) is 1.93. The molecule has 4 nitrogen and oxygen atoms in total. The lowest BCUT2D eigenvalue weighted by Gasteiger charge is -2.15. The average Bonchev–Trinajstić information content (AvgIpc) is 2.35. The van der Waals surface area contributed by atoms with E-state index in [0.717, 1.165) is 16.7 Å². The van der Waals surface area contributed by atoms with Crippen molar-refractivity contribution in [2.45, 2.75) is 26.5 Å². The summed E-state index contributed by atoms with van der Waals surface area (Å²) in [4.78, 5) is 15.1. The van der Waals surface area contributed by atoms with E-state index in [9.17, 15) is 9.90 Å². The molecule has 94 valence electrons. The van der Waals surface area contributed by atoms with Gasteiger partial charge < -0.3 is 5.11 Å². The molecular weight excluding hydrogens is 228 g/mol. The van der Waals surface area contributed by atoms with Gasteiger partial charge in [-0.05, 0) is 31.0 Å². The lowest BCUT2D eigenvalue weighted by Crippen LogP contribution is -2.24. The molecule has 0 aliphatic heterocycles. The summed E-state index contributed by atoms with van der Waals surface area (Å²) in [5, 5.41) is 10.2. The minimum Gasteiger partial charge on any atom is -0.387 e. The van der Waals surface area contributed by atoms with Crippen molar-refractivity contribution >= 4 is 0 Å². The van der Waals surface area contributed by atoms with Gasteiger partial charge in [0.25, 0.3) is 0 Å². The van der Waals surface area contributed by atoms with Crippen molar-refractivity contribution in [3.63, 3.8) is 0 Å². The number of aliphatic hydroxyl groups is 1. The number of aryl methyl sites for hydroxylation is 2. The largest absolute Gasteiger partial charge is 0.387 e. The average molecular weight is 244 g/mol. The lowest BCUT2D eigenvalue weighted by atomic mass is 10.0. The Hall–Kier alpha value is -1.94. The van der Waals surface area contributed by atoms with Gasteiger partial charge in [-0.15, -0.1) is 0 Å². The van der Waals surface area contributed by atoms with E-state index < -0.39 is 6.10 Å². The van der Waals surface area contributed by atoms with Crippen LogP contribution >= 0.6 is 0 Å². The van der Waals surface area contributed by atoms with Crippen LogP contribution in [0.4, 0.5) is 0 Å². The van der Waals surface area contributed by atoms with Gasteiger partial charge in [-0.3, -0.25) is 4.57 Å². The molecule has 1 heterocycles. The summed E-state index contributed by atoms with van der Waals surface area (Å²) in [5.74, 6) is 0. The summed E-state index contributed by atoms with van der Waals surface area (Å²) >= 11 is 0. The summed E-state index contributed by atoms with van der Waals surface area (Å²) < 4.78 is 1.41. The number of hydrogen-bond acceptors (Lipinski definition) is 3. The molecule has 4 heteroatoms. The fraction of sp³-hybridized carbons (Fsp3) is 0.286. The Balaban J connectivity index is 2.27. The Morgan fingerprint density at radius 2 is 2.17 bits per heavy atom. The number of aliphatic hydroxyl groups excluding tert-OH is 1. The van der Waals surface area contributed by atoms with E-state index in [4.69, 9.17) is 0 Å². The molecular formula is C14H16N2O2. The first-order valence-corrected chi connectivity index (χ1v) is 5.84. The van der Waals surface area contributed by atoms with Crippen LogP contribution in [-0.4, -0.2) is 14.7 Å². The Kier molecular flexibility index (Phi) is 3.58. The predicted octanol–water partition coefficient (Wildman–Crippen LogP) is 1.59. The van der Waals surface area contributed by atoms with Crippen molar-refractivity contribution in [3.8, 4) is 0 Å². The highest BCUT2D eigenvalue weighted by molar-refractivity contribution is 5.32. The lowest BCUT2D eigenvalue weighted by molar-refractivity contribution is 0.153. The maximum absolute atomic E-state index is 11.5. The van der Waals surface area contributed by atoms with E-state index in [1.807, 2.05) is 32.0 Å². The van der Waals surface area contributed by atoms with E-state index in [0.29, 0.717) is 0 Å². The highest BCUT2D eigenvalue weighted by Gasteiger charge is 2.12. The van der Waals surface area contributed by atoms with Crippen molar-refractivity contribution in [2.24, 2.45) is 0 Å². The van der Waals surface area contributed by atoms with Crippen LogP contribution in [0, 0.1) is 13.8 Å². The molecule has 1 atom stereocenters. The standard InChI is InChI=1S/C14H16N2O2/c1-10-4-5-11(2)12(8-10)13(17)9-16-7-3-6-15-14(16)18/h3-8,13,17H,9H2,1-2H3. The van der Waals surface area contributed by atoms with E-state index in [1.165, 1.54) is 10.8 Å². The van der Waals surface area contributed by atoms with Crippen molar-refractivity contribution in [1.82, 2.24) is 9.55 Å². The SMILES string of the molecule is Cc1ccc(C)c(C(O)Cn2cccnc2=O)c1. The summed E-state index contributed by atoms with van der Waals surface area (Å²) in [6.07, 6.45) is 2.37. The number of rotatable bonds is 3. The molecule has 0 aliphatic carbocycles. The first kappa shape index (κ1) is 12.5. The zero-order valence-corrected chi connectivity index (χ0v) is 10.5. The van der Waals surface area contributed by atoms with Crippen molar-refractivity contribution in [1.29, 1.82) is 0 Å². The molecule has 0 bridgehead atoms. The first-order chi connectivity index (χ1) is 8.58. The Labute approximate surface area is 106 Å². The molecule has 2 aromatic rings. The summed E-state index contributed by atoms with van der Waals surface area (Å²) in [6.45, 7) is 4.15. The Morgan fingerprint density at radius 1 is 1.39 bits per heavy atom. The molecule has 0 fully saturated rings. The molecule has 0 amide bonds. The highest BCUT2D eigenvalue weighted by atomic mass is 16.3. The Morgan fingerprint density at radius 3 is 2.89 bits per heavy atom. The van der Waals surface area contributed by atoms with Gasteiger partial charge in [-0.1, -0.05) is 23.8 Å². The second-order valence-electron chi connectivity index (χ2n) is 4.43. The molecule has 1 N–H and O–H groups in total. The summed E-state index contributed by atoms with van der Waals surface area (Å²) in [6, 6.07) is 7.60. The van der Waals surface area contributed by atoms with Gasteiger partial charge in [0.05, 0.1) is 12.6 Å². The molecule has 0 saturated carbocycles. The minimum absolute atomic E-state index is 0.219. The van der Waals surface area contributed by atoms with Gasteiger partial charge >= 0.3 is 5.69 Å². The molecule has 0 saturated heterocycles. The van der Waals surface area contributed by atoms with Gasteiger partial charge in [0.15, 0.2) is 0 Å². The van der Waals surface area contributed by atoms with Crippen LogP contribution in [0.1, 0.15) is 22.8 Å². The second kappa shape index (κ2) is 5.14. The molecule has 0 radical (unpaired) electrons. The monoisotopic (exact) mass is 244 g/mol. The number of aromatic nitrogens is 2. The number of benzene rings is 1. The molecule has 1 unspecified atom stereocenters. The molecule has 0 spiro atoms. The van der Waals surface area contributed by atoms with E-state index in [-0.39, 0.29) is 12.2 Å². The van der Waals surface area contributed by atoms with Crippen molar-refractivity contribution in [3.05, 3.63) is 63.8 Å². The third-order valence-electron chi connectivity index (χ3n) is 2.95. The molecule has 2 rings (SSSR count). The van der Waals surface area contributed by atoms with Crippen LogP contribution in [0.3, 0.4) is 0 Å². The molecule has 18 heavy (non-hydrogen) atoms.